The van der Waals surface area contributed by atoms with Gasteiger partial charge in [0.15, 0.2) is 0 Å². The van der Waals surface area contributed by atoms with Gasteiger partial charge in [-0.15, -0.1) is 0 Å². The van der Waals surface area contributed by atoms with Gasteiger partial charge in [-0.2, -0.15) is 0 Å². The predicted molar refractivity (Wildman–Crippen MR) is 74.5 cm³/mol. The van der Waals surface area contributed by atoms with Crippen molar-refractivity contribution in [2.24, 2.45) is 5.92 Å². The molecular weight excluding hydrogens is 266 g/mol. The summed E-state index contributed by atoms with van der Waals surface area (Å²) in [5.41, 5.74) is 1.16. The van der Waals surface area contributed by atoms with Gasteiger partial charge < -0.3 is 10.4 Å². The van der Waals surface area contributed by atoms with Crippen molar-refractivity contribution < 1.29 is 14.7 Å². The predicted octanol–water partition coefficient (Wildman–Crippen LogP) is 2.88. The molecule has 5 heteroatoms. The summed E-state index contributed by atoms with van der Waals surface area (Å²) in [7, 11) is 0. The minimum Gasteiger partial charge on any atom is -0.480 e. The average molecular weight is 284 g/mol. The van der Waals surface area contributed by atoms with Crippen LogP contribution in [0.4, 0.5) is 0 Å². The molecule has 1 aromatic carbocycles. The van der Waals surface area contributed by atoms with E-state index in [-0.39, 0.29) is 11.8 Å². The molecule has 0 aliphatic carbocycles. The molecule has 0 saturated heterocycles. The van der Waals surface area contributed by atoms with E-state index in [9.17, 15) is 9.59 Å². The zero-order valence-corrected chi connectivity index (χ0v) is 12.0. The fourth-order valence-corrected chi connectivity index (χ4v) is 2.04. The van der Waals surface area contributed by atoms with Crippen LogP contribution in [0.15, 0.2) is 18.2 Å². The van der Waals surface area contributed by atoms with E-state index >= 15 is 0 Å². The lowest BCUT2D eigenvalue weighted by Gasteiger charge is -2.17. The van der Waals surface area contributed by atoms with Crippen LogP contribution in [-0.2, 0) is 4.79 Å². The standard InChI is InChI=1S/C14H18ClNO3/c1-8(2)6-12(14(18)19)16-13(17)11-5-4-10(15)7-9(11)3/h4-5,7-8,12H,6H2,1-3H3,(H,16,17)(H,18,19)/t12-/m1/s1. The molecule has 2 N–H and O–H groups in total. The summed E-state index contributed by atoms with van der Waals surface area (Å²) in [5, 5.41) is 12.2. The second-order valence-electron chi connectivity index (χ2n) is 4.95. The molecule has 19 heavy (non-hydrogen) atoms. The molecule has 0 spiro atoms. The Bertz CT molecular complexity index is 486. The quantitative estimate of drug-likeness (QED) is 0.873. The maximum atomic E-state index is 12.1. The molecule has 1 rings (SSSR count). The van der Waals surface area contributed by atoms with Gasteiger partial charge >= 0.3 is 5.97 Å². The van der Waals surface area contributed by atoms with Crippen molar-refractivity contribution in [2.75, 3.05) is 0 Å². The lowest BCUT2D eigenvalue weighted by Crippen LogP contribution is -2.41. The first kappa shape index (κ1) is 15.5. The van der Waals surface area contributed by atoms with E-state index in [1.807, 2.05) is 13.8 Å². The number of carboxylic acid groups (broad SMARTS) is 1. The number of rotatable bonds is 5. The Morgan fingerprint density at radius 3 is 2.47 bits per heavy atom. The maximum absolute atomic E-state index is 12.1. The number of halogens is 1. The first-order valence-electron chi connectivity index (χ1n) is 6.11. The van der Waals surface area contributed by atoms with Crippen molar-refractivity contribution in [3.63, 3.8) is 0 Å². The lowest BCUT2D eigenvalue weighted by molar-refractivity contribution is -0.139. The molecule has 1 aromatic rings. The fourth-order valence-electron chi connectivity index (χ4n) is 1.81. The van der Waals surface area contributed by atoms with Crippen LogP contribution in [0, 0.1) is 12.8 Å². The molecule has 0 aromatic heterocycles. The molecule has 1 amide bonds. The van der Waals surface area contributed by atoms with E-state index in [1.54, 1.807) is 25.1 Å². The topological polar surface area (TPSA) is 66.4 Å². The monoisotopic (exact) mass is 283 g/mol. The van der Waals surface area contributed by atoms with E-state index < -0.39 is 12.0 Å². The second kappa shape index (κ2) is 6.57. The average Bonchev–Trinajstić information content (AvgIpc) is 2.26. The van der Waals surface area contributed by atoms with E-state index in [2.05, 4.69) is 5.32 Å². The van der Waals surface area contributed by atoms with E-state index in [0.29, 0.717) is 17.0 Å². The number of hydrogen-bond acceptors (Lipinski definition) is 2. The van der Waals surface area contributed by atoms with Crippen LogP contribution in [0.5, 0.6) is 0 Å². The number of aliphatic carboxylic acids is 1. The lowest BCUT2D eigenvalue weighted by atomic mass is 10.0. The molecule has 0 aliphatic rings. The number of amides is 1. The maximum Gasteiger partial charge on any atom is 0.326 e. The highest BCUT2D eigenvalue weighted by molar-refractivity contribution is 6.30. The van der Waals surface area contributed by atoms with Gasteiger partial charge in [-0.05, 0) is 43.0 Å². The summed E-state index contributed by atoms with van der Waals surface area (Å²) < 4.78 is 0. The van der Waals surface area contributed by atoms with Crippen molar-refractivity contribution in [3.8, 4) is 0 Å². The number of carbonyl (C=O) groups excluding carboxylic acids is 1. The van der Waals surface area contributed by atoms with Crippen LogP contribution >= 0.6 is 11.6 Å². The van der Waals surface area contributed by atoms with Gasteiger partial charge in [-0.1, -0.05) is 25.4 Å². The van der Waals surface area contributed by atoms with Crippen LogP contribution < -0.4 is 5.32 Å². The number of carbonyl (C=O) groups is 2. The van der Waals surface area contributed by atoms with Gasteiger partial charge in [-0.25, -0.2) is 4.79 Å². The SMILES string of the molecule is Cc1cc(Cl)ccc1C(=O)N[C@H](CC(C)C)C(=O)O. The zero-order valence-electron chi connectivity index (χ0n) is 11.2. The number of benzene rings is 1. The van der Waals surface area contributed by atoms with Gasteiger partial charge in [0, 0.05) is 10.6 Å². The van der Waals surface area contributed by atoms with E-state index in [1.165, 1.54) is 0 Å². The molecule has 0 saturated carbocycles. The highest BCUT2D eigenvalue weighted by atomic mass is 35.5. The summed E-state index contributed by atoms with van der Waals surface area (Å²) in [4.78, 5) is 23.2. The molecular formula is C14H18ClNO3. The molecule has 0 radical (unpaired) electrons. The normalized spacial score (nSPS) is 12.3. The largest absolute Gasteiger partial charge is 0.480 e. The Balaban J connectivity index is 2.84. The van der Waals surface area contributed by atoms with Gasteiger partial charge in [0.25, 0.3) is 5.91 Å². The molecule has 0 bridgehead atoms. The van der Waals surface area contributed by atoms with Crippen LogP contribution in [0.3, 0.4) is 0 Å². The second-order valence-corrected chi connectivity index (χ2v) is 5.39. The molecule has 0 unspecified atom stereocenters. The van der Waals surface area contributed by atoms with Crippen molar-refractivity contribution in [1.29, 1.82) is 0 Å². The molecule has 0 fully saturated rings. The van der Waals surface area contributed by atoms with E-state index in [0.717, 1.165) is 5.56 Å². The van der Waals surface area contributed by atoms with Crippen LogP contribution in [-0.4, -0.2) is 23.0 Å². The first-order valence-corrected chi connectivity index (χ1v) is 6.49. The Morgan fingerprint density at radius 1 is 1.37 bits per heavy atom. The van der Waals surface area contributed by atoms with Crippen LogP contribution in [0.25, 0.3) is 0 Å². The smallest absolute Gasteiger partial charge is 0.326 e. The Morgan fingerprint density at radius 2 is 2.00 bits per heavy atom. The number of carboxylic acids is 1. The van der Waals surface area contributed by atoms with Gasteiger partial charge in [0.2, 0.25) is 0 Å². The van der Waals surface area contributed by atoms with Crippen molar-refractivity contribution in [2.45, 2.75) is 33.2 Å². The van der Waals surface area contributed by atoms with Gasteiger partial charge in [0.1, 0.15) is 6.04 Å². The molecule has 0 aliphatic heterocycles. The summed E-state index contributed by atoms with van der Waals surface area (Å²) in [6, 6.07) is 4.01. The highest BCUT2D eigenvalue weighted by Gasteiger charge is 2.22. The summed E-state index contributed by atoms with van der Waals surface area (Å²) in [5.74, 6) is -1.22. The summed E-state index contributed by atoms with van der Waals surface area (Å²) in [6.45, 7) is 5.59. The summed E-state index contributed by atoms with van der Waals surface area (Å²) >= 11 is 5.82. The Kier molecular flexibility index (Phi) is 5.36. The van der Waals surface area contributed by atoms with Crippen LogP contribution in [0.2, 0.25) is 5.02 Å². The molecule has 4 nitrogen and oxygen atoms in total. The van der Waals surface area contributed by atoms with Crippen LogP contribution in [0.1, 0.15) is 36.2 Å². The van der Waals surface area contributed by atoms with E-state index in [4.69, 9.17) is 16.7 Å². The summed E-state index contributed by atoms with van der Waals surface area (Å²) in [6.07, 6.45) is 0.397. The number of nitrogens with one attached hydrogen (secondary N) is 1. The third-order valence-electron chi connectivity index (χ3n) is 2.74. The fraction of sp³-hybridized carbons (Fsp3) is 0.429. The molecule has 0 heterocycles. The minimum absolute atomic E-state index is 0.188. The van der Waals surface area contributed by atoms with Crippen molar-refractivity contribution >= 4 is 23.5 Å². The molecule has 1 atom stereocenters. The molecule has 104 valence electrons. The third kappa shape index (κ3) is 4.56. The number of aryl methyl sites for hydroxylation is 1. The number of hydrogen-bond donors (Lipinski definition) is 2. The third-order valence-corrected chi connectivity index (χ3v) is 2.98. The Hall–Kier alpha value is -1.55. The highest BCUT2D eigenvalue weighted by Crippen LogP contribution is 2.15. The minimum atomic E-state index is -1.02. The first-order chi connectivity index (χ1) is 8.81. The zero-order chi connectivity index (χ0) is 14.6. The van der Waals surface area contributed by atoms with Gasteiger partial charge in [0.05, 0.1) is 0 Å². The van der Waals surface area contributed by atoms with Crippen molar-refractivity contribution in [1.82, 2.24) is 5.32 Å². The van der Waals surface area contributed by atoms with Gasteiger partial charge in [-0.3, -0.25) is 4.79 Å². The Labute approximate surface area is 117 Å². The van der Waals surface area contributed by atoms with Crippen molar-refractivity contribution in [3.05, 3.63) is 34.3 Å².